The zero-order valence-electron chi connectivity index (χ0n) is 10.2. The molecule has 0 saturated carbocycles. The van der Waals surface area contributed by atoms with Gasteiger partial charge in [0.2, 0.25) is 0 Å². The molecule has 0 saturated heterocycles. The summed E-state index contributed by atoms with van der Waals surface area (Å²) in [7, 11) is 4.19. The largest absolute Gasteiger partial charge is 0.309 e. The fourth-order valence-electron chi connectivity index (χ4n) is 1.56. The molecule has 1 aromatic rings. The number of rotatable bonds is 5. The molecule has 2 heteroatoms. The fourth-order valence-corrected chi connectivity index (χ4v) is 1.56. The Morgan fingerprint density at radius 1 is 1.33 bits per heavy atom. The van der Waals surface area contributed by atoms with Crippen molar-refractivity contribution in [3.8, 4) is 0 Å². The lowest BCUT2D eigenvalue weighted by Crippen LogP contribution is -2.28. The Bertz CT molecular complexity index is 294. The molecule has 0 fully saturated rings. The van der Waals surface area contributed by atoms with Crippen LogP contribution in [0.5, 0.6) is 0 Å². The molecule has 1 rings (SSSR count). The third-order valence-corrected chi connectivity index (χ3v) is 2.55. The van der Waals surface area contributed by atoms with Crippen LogP contribution in [0.15, 0.2) is 24.3 Å². The Hall–Kier alpha value is -0.860. The van der Waals surface area contributed by atoms with Gasteiger partial charge in [0.25, 0.3) is 0 Å². The third-order valence-electron chi connectivity index (χ3n) is 2.55. The fraction of sp³-hybridized carbons (Fsp3) is 0.538. The van der Waals surface area contributed by atoms with Crippen molar-refractivity contribution >= 4 is 0 Å². The molecule has 84 valence electrons. The number of benzene rings is 1. The van der Waals surface area contributed by atoms with Crippen LogP contribution in [0.4, 0.5) is 0 Å². The van der Waals surface area contributed by atoms with Crippen LogP contribution in [0.25, 0.3) is 0 Å². The topological polar surface area (TPSA) is 15.3 Å². The summed E-state index contributed by atoms with van der Waals surface area (Å²) >= 11 is 0. The van der Waals surface area contributed by atoms with Crippen molar-refractivity contribution in [2.75, 3.05) is 27.2 Å². The van der Waals surface area contributed by atoms with Gasteiger partial charge in [0.1, 0.15) is 0 Å². The SMILES string of the molecule is Cc1cccc(C(C)NCCN(C)C)c1. The lowest BCUT2D eigenvalue weighted by Gasteiger charge is -2.16. The van der Waals surface area contributed by atoms with Crippen molar-refractivity contribution in [1.82, 2.24) is 10.2 Å². The predicted molar refractivity (Wildman–Crippen MR) is 66.2 cm³/mol. The van der Waals surface area contributed by atoms with Crippen molar-refractivity contribution in [1.29, 1.82) is 0 Å². The van der Waals surface area contributed by atoms with Crippen molar-refractivity contribution in [3.05, 3.63) is 35.4 Å². The Balaban J connectivity index is 2.43. The zero-order valence-corrected chi connectivity index (χ0v) is 10.2. The standard InChI is InChI=1S/C13H22N2/c1-11-6-5-7-13(10-11)12(2)14-8-9-15(3)4/h5-7,10,12,14H,8-9H2,1-4H3. The van der Waals surface area contributed by atoms with Crippen LogP contribution in [-0.4, -0.2) is 32.1 Å². The summed E-state index contributed by atoms with van der Waals surface area (Å²) in [6.45, 7) is 6.46. The minimum atomic E-state index is 0.435. The molecule has 0 heterocycles. The highest BCUT2D eigenvalue weighted by Gasteiger charge is 2.03. The summed E-state index contributed by atoms with van der Waals surface area (Å²) in [6, 6.07) is 9.11. The molecular weight excluding hydrogens is 184 g/mol. The predicted octanol–water partition coefficient (Wildman–Crippen LogP) is 2.21. The molecule has 1 atom stereocenters. The number of nitrogens with zero attached hydrogens (tertiary/aromatic N) is 1. The molecule has 0 aromatic heterocycles. The van der Waals surface area contributed by atoms with Gasteiger partial charge in [0, 0.05) is 19.1 Å². The van der Waals surface area contributed by atoms with Gasteiger partial charge in [-0.1, -0.05) is 29.8 Å². The first kappa shape index (κ1) is 12.2. The first-order valence-corrected chi connectivity index (χ1v) is 5.54. The van der Waals surface area contributed by atoms with Crippen LogP contribution < -0.4 is 5.32 Å². The average Bonchev–Trinajstić information content (AvgIpc) is 2.17. The minimum absolute atomic E-state index is 0.435. The van der Waals surface area contributed by atoms with Crippen molar-refractivity contribution in [3.63, 3.8) is 0 Å². The highest BCUT2D eigenvalue weighted by molar-refractivity contribution is 5.24. The van der Waals surface area contributed by atoms with E-state index in [1.807, 2.05) is 0 Å². The number of hydrogen-bond acceptors (Lipinski definition) is 2. The smallest absolute Gasteiger partial charge is 0.0292 e. The van der Waals surface area contributed by atoms with Gasteiger partial charge >= 0.3 is 0 Å². The van der Waals surface area contributed by atoms with Crippen molar-refractivity contribution in [2.45, 2.75) is 19.9 Å². The molecule has 15 heavy (non-hydrogen) atoms. The maximum Gasteiger partial charge on any atom is 0.0292 e. The van der Waals surface area contributed by atoms with Gasteiger partial charge in [-0.05, 0) is 33.5 Å². The van der Waals surface area contributed by atoms with Crippen molar-refractivity contribution < 1.29 is 0 Å². The van der Waals surface area contributed by atoms with Gasteiger partial charge in [-0.2, -0.15) is 0 Å². The number of aryl methyl sites for hydroxylation is 1. The molecule has 1 N–H and O–H groups in total. The molecule has 0 bridgehead atoms. The van der Waals surface area contributed by atoms with Crippen LogP contribution >= 0.6 is 0 Å². The van der Waals surface area contributed by atoms with Crippen LogP contribution in [0, 0.1) is 6.92 Å². The van der Waals surface area contributed by atoms with Crippen LogP contribution in [0.1, 0.15) is 24.1 Å². The van der Waals surface area contributed by atoms with Crippen LogP contribution in [-0.2, 0) is 0 Å². The molecular formula is C13H22N2. The normalized spacial score (nSPS) is 13.1. The van der Waals surface area contributed by atoms with E-state index in [0.717, 1.165) is 13.1 Å². The van der Waals surface area contributed by atoms with Gasteiger partial charge < -0.3 is 10.2 Å². The highest BCUT2D eigenvalue weighted by atomic mass is 15.1. The quantitative estimate of drug-likeness (QED) is 0.794. The summed E-state index contributed by atoms with van der Waals surface area (Å²) in [5, 5.41) is 3.52. The first-order valence-electron chi connectivity index (χ1n) is 5.54. The van der Waals surface area contributed by atoms with E-state index in [1.165, 1.54) is 11.1 Å². The Kier molecular flexibility index (Phi) is 4.79. The molecule has 0 aliphatic heterocycles. The van der Waals surface area contributed by atoms with Gasteiger partial charge in [-0.25, -0.2) is 0 Å². The van der Waals surface area contributed by atoms with E-state index in [1.54, 1.807) is 0 Å². The molecule has 0 amide bonds. The summed E-state index contributed by atoms with van der Waals surface area (Å²) < 4.78 is 0. The Morgan fingerprint density at radius 2 is 2.07 bits per heavy atom. The van der Waals surface area contributed by atoms with E-state index in [9.17, 15) is 0 Å². The highest BCUT2D eigenvalue weighted by Crippen LogP contribution is 2.13. The number of nitrogens with one attached hydrogen (secondary N) is 1. The second-order valence-electron chi connectivity index (χ2n) is 4.39. The lowest BCUT2D eigenvalue weighted by molar-refractivity contribution is 0.389. The summed E-state index contributed by atoms with van der Waals surface area (Å²) in [6.07, 6.45) is 0. The molecule has 1 unspecified atom stereocenters. The second kappa shape index (κ2) is 5.89. The van der Waals surface area contributed by atoms with E-state index in [2.05, 4.69) is 62.4 Å². The first-order chi connectivity index (χ1) is 7.09. The Labute approximate surface area is 93.3 Å². The third kappa shape index (κ3) is 4.45. The number of likely N-dealkylation sites (N-methyl/N-ethyl adjacent to an activating group) is 1. The monoisotopic (exact) mass is 206 g/mol. The van der Waals surface area contributed by atoms with Gasteiger partial charge in [-0.3, -0.25) is 0 Å². The summed E-state index contributed by atoms with van der Waals surface area (Å²) in [5.41, 5.74) is 2.70. The molecule has 0 spiro atoms. The van der Waals surface area contributed by atoms with E-state index < -0.39 is 0 Å². The zero-order chi connectivity index (χ0) is 11.3. The van der Waals surface area contributed by atoms with Crippen molar-refractivity contribution in [2.24, 2.45) is 0 Å². The maximum atomic E-state index is 3.52. The van der Waals surface area contributed by atoms with Gasteiger partial charge in [0.05, 0.1) is 0 Å². The molecule has 1 aromatic carbocycles. The number of hydrogen-bond donors (Lipinski definition) is 1. The Morgan fingerprint density at radius 3 is 2.67 bits per heavy atom. The lowest BCUT2D eigenvalue weighted by atomic mass is 10.1. The maximum absolute atomic E-state index is 3.52. The summed E-state index contributed by atoms with van der Waals surface area (Å²) in [5.74, 6) is 0. The van der Waals surface area contributed by atoms with E-state index in [4.69, 9.17) is 0 Å². The molecule has 2 nitrogen and oxygen atoms in total. The second-order valence-corrected chi connectivity index (χ2v) is 4.39. The van der Waals surface area contributed by atoms with Gasteiger partial charge in [0.15, 0.2) is 0 Å². The molecule has 0 aliphatic rings. The van der Waals surface area contributed by atoms with Crippen LogP contribution in [0.3, 0.4) is 0 Å². The average molecular weight is 206 g/mol. The summed E-state index contributed by atoms with van der Waals surface area (Å²) in [4.78, 5) is 2.19. The minimum Gasteiger partial charge on any atom is -0.309 e. The van der Waals surface area contributed by atoms with E-state index >= 15 is 0 Å². The van der Waals surface area contributed by atoms with Gasteiger partial charge in [-0.15, -0.1) is 0 Å². The molecule has 0 radical (unpaired) electrons. The van der Waals surface area contributed by atoms with E-state index in [-0.39, 0.29) is 0 Å². The molecule has 0 aliphatic carbocycles. The van der Waals surface area contributed by atoms with Crippen LogP contribution in [0.2, 0.25) is 0 Å². The van der Waals surface area contributed by atoms with E-state index in [0.29, 0.717) is 6.04 Å².